The number of allylic oxidation sites excluding steroid dienone is 1. The molecule has 0 aliphatic rings. The number of hydrogen-bond donors (Lipinski definition) is 2. The molecule has 1 atom stereocenters. The molecule has 0 saturated carbocycles. The third-order valence-electron chi connectivity index (χ3n) is 3.59. The number of carboxylic acids is 1. The number of thiazole rings is 1. The lowest BCUT2D eigenvalue weighted by Crippen LogP contribution is -2.27. The number of aromatic carboxylic acids is 1. The topological polar surface area (TPSA) is 79.3 Å². The van der Waals surface area contributed by atoms with E-state index in [0.29, 0.717) is 16.3 Å². The SMILES string of the molecule is CC(C)=CCSc1ccccc1C(=O)NC(C)c1nc(C)c(C(=O)O)s1. The van der Waals surface area contributed by atoms with Gasteiger partial charge in [0, 0.05) is 10.6 Å². The van der Waals surface area contributed by atoms with E-state index in [2.05, 4.69) is 16.4 Å². The number of amides is 1. The van der Waals surface area contributed by atoms with E-state index >= 15 is 0 Å². The number of carbonyl (C=O) groups excluding carboxylic acids is 1. The minimum Gasteiger partial charge on any atom is -0.477 e. The van der Waals surface area contributed by atoms with Crippen LogP contribution in [-0.4, -0.2) is 27.7 Å². The van der Waals surface area contributed by atoms with Crippen LogP contribution in [0.3, 0.4) is 0 Å². The summed E-state index contributed by atoms with van der Waals surface area (Å²) in [4.78, 5) is 29.3. The van der Waals surface area contributed by atoms with E-state index in [4.69, 9.17) is 5.11 Å². The molecule has 138 valence electrons. The number of thioether (sulfide) groups is 1. The van der Waals surface area contributed by atoms with Crippen LogP contribution in [0.15, 0.2) is 40.8 Å². The number of benzene rings is 1. The summed E-state index contributed by atoms with van der Waals surface area (Å²) in [6.07, 6.45) is 2.12. The van der Waals surface area contributed by atoms with Crippen molar-refractivity contribution in [2.75, 3.05) is 5.75 Å². The van der Waals surface area contributed by atoms with Gasteiger partial charge in [-0.2, -0.15) is 0 Å². The molecule has 1 amide bonds. The van der Waals surface area contributed by atoms with Crippen LogP contribution in [0.5, 0.6) is 0 Å². The number of carbonyl (C=O) groups is 2. The highest BCUT2D eigenvalue weighted by molar-refractivity contribution is 7.99. The molecule has 0 aliphatic carbocycles. The van der Waals surface area contributed by atoms with Crippen molar-refractivity contribution in [3.05, 3.63) is 57.1 Å². The van der Waals surface area contributed by atoms with Crippen molar-refractivity contribution in [1.82, 2.24) is 10.3 Å². The average molecular weight is 391 g/mol. The van der Waals surface area contributed by atoms with Crippen molar-refractivity contribution >= 4 is 35.0 Å². The molecule has 1 aromatic heterocycles. The number of hydrogen-bond acceptors (Lipinski definition) is 5. The van der Waals surface area contributed by atoms with Gasteiger partial charge >= 0.3 is 5.97 Å². The summed E-state index contributed by atoms with van der Waals surface area (Å²) >= 11 is 2.70. The summed E-state index contributed by atoms with van der Waals surface area (Å²) in [6, 6.07) is 7.10. The normalized spacial score (nSPS) is 11.7. The number of nitrogens with one attached hydrogen (secondary N) is 1. The molecule has 0 fully saturated rings. The zero-order valence-corrected chi connectivity index (χ0v) is 16.8. The fraction of sp³-hybridized carbons (Fsp3) is 0.316. The first-order valence-electron chi connectivity index (χ1n) is 8.16. The Morgan fingerprint density at radius 3 is 2.65 bits per heavy atom. The van der Waals surface area contributed by atoms with Gasteiger partial charge in [-0.3, -0.25) is 4.79 Å². The average Bonchev–Trinajstić information content (AvgIpc) is 2.97. The molecule has 2 rings (SSSR count). The van der Waals surface area contributed by atoms with E-state index in [-0.39, 0.29) is 16.8 Å². The Balaban J connectivity index is 2.13. The number of rotatable bonds is 7. The molecule has 0 aliphatic heterocycles. The van der Waals surface area contributed by atoms with Gasteiger partial charge in [0.25, 0.3) is 5.91 Å². The molecule has 0 radical (unpaired) electrons. The molecular weight excluding hydrogens is 368 g/mol. The van der Waals surface area contributed by atoms with Crippen LogP contribution in [0.4, 0.5) is 0 Å². The van der Waals surface area contributed by atoms with Crippen molar-refractivity contribution in [2.24, 2.45) is 0 Å². The minimum absolute atomic E-state index is 0.192. The molecule has 1 unspecified atom stereocenters. The standard InChI is InChI=1S/C19H22N2O3S2/c1-11(2)9-10-25-15-8-6-5-7-14(15)17(22)20-13(4)18-21-12(3)16(26-18)19(23)24/h5-9,13H,10H2,1-4H3,(H,20,22)(H,23,24). The third kappa shape index (κ3) is 5.19. The van der Waals surface area contributed by atoms with Gasteiger partial charge < -0.3 is 10.4 Å². The Hall–Kier alpha value is -2.12. The van der Waals surface area contributed by atoms with E-state index < -0.39 is 5.97 Å². The Morgan fingerprint density at radius 2 is 2.04 bits per heavy atom. The Kier molecular flexibility index (Phi) is 6.99. The summed E-state index contributed by atoms with van der Waals surface area (Å²) in [5.41, 5.74) is 2.32. The van der Waals surface area contributed by atoms with E-state index in [1.54, 1.807) is 31.7 Å². The van der Waals surface area contributed by atoms with E-state index in [1.165, 1.54) is 5.57 Å². The lowest BCUT2D eigenvalue weighted by atomic mass is 10.2. The zero-order valence-electron chi connectivity index (χ0n) is 15.2. The van der Waals surface area contributed by atoms with Crippen molar-refractivity contribution in [1.29, 1.82) is 0 Å². The molecule has 5 nitrogen and oxygen atoms in total. The van der Waals surface area contributed by atoms with Crippen molar-refractivity contribution < 1.29 is 14.7 Å². The second-order valence-electron chi connectivity index (χ2n) is 6.06. The number of nitrogens with zero attached hydrogens (tertiary/aromatic N) is 1. The predicted molar refractivity (Wildman–Crippen MR) is 106 cm³/mol. The van der Waals surface area contributed by atoms with E-state index in [0.717, 1.165) is 22.0 Å². The highest BCUT2D eigenvalue weighted by Gasteiger charge is 2.20. The maximum absolute atomic E-state index is 12.7. The Bertz CT molecular complexity index is 839. The summed E-state index contributed by atoms with van der Waals surface area (Å²) in [5.74, 6) is -0.385. The molecule has 26 heavy (non-hydrogen) atoms. The van der Waals surface area contributed by atoms with Crippen molar-refractivity contribution in [3.63, 3.8) is 0 Å². The van der Waals surface area contributed by atoms with Gasteiger partial charge in [-0.05, 0) is 39.8 Å². The van der Waals surface area contributed by atoms with Gasteiger partial charge in [-0.25, -0.2) is 9.78 Å². The van der Waals surface area contributed by atoms with Gasteiger partial charge in [-0.1, -0.05) is 23.8 Å². The van der Waals surface area contributed by atoms with Crippen LogP contribution in [0, 0.1) is 6.92 Å². The maximum atomic E-state index is 12.7. The highest BCUT2D eigenvalue weighted by Crippen LogP contribution is 2.26. The highest BCUT2D eigenvalue weighted by atomic mass is 32.2. The quantitative estimate of drug-likeness (QED) is 0.529. The third-order valence-corrected chi connectivity index (χ3v) is 5.92. The molecule has 2 N–H and O–H groups in total. The van der Waals surface area contributed by atoms with Gasteiger partial charge in [-0.15, -0.1) is 23.1 Å². The summed E-state index contributed by atoms with van der Waals surface area (Å²) in [7, 11) is 0. The molecule has 0 spiro atoms. The molecular formula is C19H22N2O3S2. The van der Waals surface area contributed by atoms with Gasteiger partial charge in [0.2, 0.25) is 0 Å². The Labute approximate surface area is 161 Å². The minimum atomic E-state index is -0.995. The number of carboxylic acid groups (broad SMARTS) is 1. The van der Waals surface area contributed by atoms with Gasteiger partial charge in [0.15, 0.2) is 0 Å². The zero-order chi connectivity index (χ0) is 19.3. The molecule has 0 bridgehead atoms. The summed E-state index contributed by atoms with van der Waals surface area (Å²) in [6.45, 7) is 7.55. The molecule has 1 heterocycles. The van der Waals surface area contributed by atoms with Crippen molar-refractivity contribution in [2.45, 2.75) is 38.6 Å². The fourth-order valence-corrected chi connectivity index (χ4v) is 4.21. The fourth-order valence-electron chi connectivity index (χ4n) is 2.22. The number of aromatic nitrogens is 1. The molecule has 2 aromatic rings. The smallest absolute Gasteiger partial charge is 0.347 e. The second kappa shape index (κ2) is 9.00. The first-order valence-corrected chi connectivity index (χ1v) is 9.96. The second-order valence-corrected chi connectivity index (χ2v) is 8.15. The van der Waals surface area contributed by atoms with Gasteiger partial charge in [0.1, 0.15) is 9.88 Å². The molecule has 1 aromatic carbocycles. The van der Waals surface area contributed by atoms with Gasteiger partial charge in [0.05, 0.1) is 17.3 Å². The van der Waals surface area contributed by atoms with Crippen LogP contribution in [0.25, 0.3) is 0 Å². The molecule has 7 heteroatoms. The lowest BCUT2D eigenvalue weighted by Gasteiger charge is -2.13. The van der Waals surface area contributed by atoms with Crippen LogP contribution in [0.2, 0.25) is 0 Å². The van der Waals surface area contributed by atoms with Crippen LogP contribution in [-0.2, 0) is 0 Å². The Morgan fingerprint density at radius 1 is 1.35 bits per heavy atom. The van der Waals surface area contributed by atoms with Crippen molar-refractivity contribution in [3.8, 4) is 0 Å². The maximum Gasteiger partial charge on any atom is 0.347 e. The monoisotopic (exact) mass is 390 g/mol. The lowest BCUT2D eigenvalue weighted by molar-refractivity contribution is 0.0701. The first-order chi connectivity index (χ1) is 12.3. The number of aryl methyl sites for hydroxylation is 1. The summed E-state index contributed by atoms with van der Waals surface area (Å²) < 4.78 is 0. The van der Waals surface area contributed by atoms with Crippen LogP contribution in [0.1, 0.15) is 57.5 Å². The van der Waals surface area contributed by atoms with E-state index in [9.17, 15) is 9.59 Å². The molecule has 0 saturated heterocycles. The van der Waals surface area contributed by atoms with Crippen LogP contribution >= 0.6 is 23.1 Å². The van der Waals surface area contributed by atoms with E-state index in [1.807, 2.05) is 32.0 Å². The predicted octanol–water partition coefficient (Wildman–Crippen LogP) is 4.70. The van der Waals surface area contributed by atoms with Crippen LogP contribution < -0.4 is 5.32 Å². The summed E-state index contributed by atoms with van der Waals surface area (Å²) in [5, 5.41) is 12.7. The largest absolute Gasteiger partial charge is 0.477 e. The first kappa shape index (κ1) is 20.2.